The maximum absolute atomic E-state index is 13.2. The van der Waals surface area contributed by atoms with Crippen LogP contribution in [0.2, 0.25) is 0 Å². The summed E-state index contributed by atoms with van der Waals surface area (Å²) < 4.78 is 5.34. The predicted molar refractivity (Wildman–Crippen MR) is 145 cm³/mol. The van der Waals surface area contributed by atoms with Crippen LogP contribution in [-0.4, -0.2) is 47.2 Å². The summed E-state index contributed by atoms with van der Waals surface area (Å²) in [7, 11) is 0. The molecule has 2 aromatic carbocycles. The van der Waals surface area contributed by atoms with E-state index >= 15 is 0 Å². The number of rotatable bonds is 10. The lowest BCUT2D eigenvalue weighted by molar-refractivity contribution is -0.129. The highest BCUT2D eigenvalue weighted by atomic mass is 16.6. The van der Waals surface area contributed by atoms with Crippen LogP contribution >= 0.6 is 0 Å². The van der Waals surface area contributed by atoms with Crippen LogP contribution in [0.5, 0.6) is 5.75 Å². The van der Waals surface area contributed by atoms with Gasteiger partial charge in [-0.2, -0.15) is 5.26 Å². The van der Waals surface area contributed by atoms with E-state index in [1.54, 1.807) is 52.0 Å². The Morgan fingerprint density at radius 2 is 1.63 bits per heavy atom. The van der Waals surface area contributed by atoms with Crippen molar-refractivity contribution in [3.63, 3.8) is 0 Å². The normalized spacial score (nSPS) is 12.6. The number of amides is 3. The standard InChI is InChI=1S/C29H38N4O5/c1-18-14-23(34)15-19(2)24(18)16-25(33-28(37)38-29(4,5)6)27(36)32-20(3)26(35)31-13-7-8-21-9-11-22(17-30)12-10-21/h9-12,14-15,20,25,34H,7-8,13,16H2,1-6H3,(H,31,35)(H,32,36)(H,33,37)/t20-,25+/m1/s1. The second kappa shape index (κ2) is 13.5. The van der Waals surface area contributed by atoms with Gasteiger partial charge < -0.3 is 25.8 Å². The van der Waals surface area contributed by atoms with Crippen LogP contribution in [0, 0.1) is 25.2 Å². The fraction of sp³-hybridized carbons (Fsp3) is 0.448. The van der Waals surface area contributed by atoms with E-state index in [-0.39, 0.29) is 18.1 Å². The van der Waals surface area contributed by atoms with Gasteiger partial charge in [0.15, 0.2) is 0 Å². The van der Waals surface area contributed by atoms with E-state index in [1.807, 2.05) is 26.0 Å². The number of aromatic hydroxyl groups is 1. The number of carbonyl (C=O) groups excluding carboxylic acids is 3. The molecule has 9 nitrogen and oxygen atoms in total. The summed E-state index contributed by atoms with van der Waals surface area (Å²) in [5.41, 5.74) is 3.27. The number of ether oxygens (including phenoxy) is 1. The van der Waals surface area contributed by atoms with E-state index < -0.39 is 29.7 Å². The van der Waals surface area contributed by atoms with Gasteiger partial charge in [-0.25, -0.2) is 4.79 Å². The summed E-state index contributed by atoms with van der Waals surface area (Å²) in [6.07, 6.45) is 0.842. The summed E-state index contributed by atoms with van der Waals surface area (Å²) in [4.78, 5) is 38.3. The molecule has 0 heterocycles. The summed E-state index contributed by atoms with van der Waals surface area (Å²) in [5.74, 6) is -0.747. The third-order valence-electron chi connectivity index (χ3n) is 5.87. The molecule has 2 aromatic rings. The maximum Gasteiger partial charge on any atom is 0.408 e. The van der Waals surface area contributed by atoms with Crippen molar-refractivity contribution < 1.29 is 24.2 Å². The molecule has 0 spiro atoms. The lowest BCUT2D eigenvalue weighted by Gasteiger charge is -2.25. The van der Waals surface area contributed by atoms with Crippen molar-refractivity contribution in [2.75, 3.05) is 6.54 Å². The summed E-state index contributed by atoms with van der Waals surface area (Å²) in [6, 6.07) is 10.7. The van der Waals surface area contributed by atoms with Crippen LogP contribution < -0.4 is 16.0 Å². The average molecular weight is 523 g/mol. The van der Waals surface area contributed by atoms with Gasteiger partial charge in [-0.3, -0.25) is 9.59 Å². The predicted octanol–water partition coefficient (Wildman–Crippen LogP) is 3.57. The Morgan fingerprint density at radius 3 is 2.18 bits per heavy atom. The molecule has 4 N–H and O–H groups in total. The molecular weight excluding hydrogens is 484 g/mol. The number of carbonyl (C=O) groups is 3. The molecule has 0 radical (unpaired) electrons. The van der Waals surface area contributed by atoms with Gasteiger partial charge in [0.2, 0.25) is 11.8 Å². The highest BCUT2D eigenvalue weighted by Gasteiger charge is 2.28. The molecule has 2 atom stereocenters. The lowest BCUT2D eigenvalue weighted by atomic mass is 9.95. The van der Waals surface area contributed by atoms with Gasteiger partial charge in [0, 0.05) is 13.0 Å². The van der Waals surface area contributed by atoms with Gasteiger partial charge in [0.05, 0.1) is 11.6 Å². The molecule has 0 saturated carbocycles. The van der Waals surface area contributed by atoms with Crippen LogP contribution in [0.4, 0.5) is 4.79 Å². The Hall–Kier alpha value is -4.06. The molecule has 2 rings (SSSR count). The van der Waals surface area contributed by atoms with E-state index in [0.717, 1.165) is 28.7 Å². The number of nitrogens with zero attached hydrogens (tertiary/aromatic N) is 1. The van der Waals surface area contributed by atoms with Crippen LogP contribution in [-0.2, 0) is 27.2 Å². The quantitative estimate of drug-likeness (QED) is 0.352. The number of hydrogen-bond acceptors (Lipinski definition) is 6. The molecule has 204 valence electrons. The first kappa shape index (κ1) is 30.2. The summed E-state index contributed by atoms with van der Waals surface area (Å²) in [5, 5.41) is 26.9. The molecule has 0 aliphatic rings. The maximum atomic E-state index is 13.2. The topological polar surface area (TPSA) is 141 Å². The zero-order valence-corrected chi connectivity index (χ0v) is 23.0. The van der Waals surface area contributed by atoms with Gasteiger partial charge in [-0.15, -0.1) is 0 Å². The van der Waals surface area contributed by atoms with Crippen LogP contribution in [0.1, 0.15) is 61.9 Å². The Morgan fingerprint density at radius 1 is 1.03 bits per heavy atom. The number of nitrogens with one attached hydrogen (secondary N) is 3. The van der Waals surface area contributed by atoms with Gasteiger partial charge in [0.25, 0.3) is 0 Å². The lowest BCUT2D eigenvalue weighted by Crippen LogP contribution is -2.54. The number of benzene rings is 2. The van der Waals surface area contributed by atoms with Crippen molar-refractivity contribution in [2.45, 2.75) is 78.5 Å². The Balaban J connectivity index is 2.00. The summed E-state index contributed by atoms with van der Waals surface area (Å²) in [6.45, 7) is 10.8. The second-order valence-corrected chi connectivity index (χ2v) is 10.4. The second-order valence-electron chi connectivity index (χ2n) is 10.4. The summed E-state index contributed by atoms with van der Waals surface area (Å²) >= 11 is 0. The zero-order valence-electron chi connectivity index (χ0n) is 23.0. The number of phenols is 1. The molecule has 9 heteroatoms. The Bertz CT molecular complexity index is 1160. The van der Waals surface area contributed by atoms with Crippen molar-refractivity contribution in [3.05, 3.63) is 64.2 Å². The van der Waals surface area contributed by atoms with Gasteiger partial charge in [-0.05, 0) is 101 Å². The Kier molecular flexibility index (Phi) is 10.7. The molecule has 0 unspecified atom stereocenters. The molecule has 0 saturated heterocycles. The molecule has 0 aliphatic carbocycles. The molecule has 0 aliphatic heterocycles. The van der Waals surface area contributed by atoms with E-state index in [4.69, 9.17) is 10.00 Å². The third-order valence-corrected chi connectivity index (χ3v) is 5.87. The molecule has 0 fully saturated rings. The van der Waals surface area contributed by atoms with E-state index in [1.165, 1.54) is 0 Å². The first-order valence-electron chi connectivity index (χ1n) is 12.6. The minimum atomic E-state index is -1.00. The largest absolute Gasteiger partial charge is 0.508 e. The van der Waals surface area contributed by atoms with Crippen LogP contribution in [0.3, 0.4) is 0 Å². The molecule has 0 aromatic heterocycles. The van der Waals surface area contributed by atoms with Gasteiger partial charge in [0.1, 0.15) is 23.4 Å². The number of aryl methyl sites for hydroxylation is 3. The molecular formula is C29H38N4O5. The van der Waals surface area contributed by atoms with Crippen molar-refractivity contribution in [1.29, 1.82) is 5.26 Å². The SMILES string of the molecule is Cc1cc(O)cc(C)c1C[C@H](NC(=O)OC(C)(C)C)C(=O)N[C@H](C)C(=O)NCCCc1ccc(C#N)cc1. The monoisotopic (exact) mass is 522 g/mol. The van der Waals surface area contributed by atoms with Gasteiger partial charge in [-0.1, -0.05) is 12.1 Å². The van der Waals surface area contributed by atoms with Crippen LogP contribution in [0.15, 0.2) is 36.4 Å². The smallest absolute Gasteiger partial charge is 0.408 e. The van der Waals surface area contributed by atoms with E-state index in [2.05, 4.69) is 22.0 Å². The minimum absolute atomic E-state index is 0.120. The average Bonchev–Trinajstić information content (AvgIpc) is 2.82. The van der Waals surface area contributed by atoms with Gasteiger partial charge >= 0.3 is 6.09 Å². The number of phenolic OH excluding ortho intramolecular Hbond substituents is 1. The molecule has 3 amide bonds. The minimum Gasteiger partial charge on any atom is -0.508 e. The van der Waals surface area contributed by atoms with Crippen molar-refractivity contribution in [3.8, 4) is 11.8 Å². The van der Waals surface area contributed by atoms with Crippen molar-refractivity contribution in [2.24, 2.45) is 0 Å². The molecule has 0 bridgehead atoms. The van der Waals surface area contributed by atoms with Crippen LogP contribution in [0.25, 0.3) is 0 Å². The first-order chi connectivity index (χ1) is 17.8. The van der Waals surface area contributed by atoms with E-state index in [0.29, 0.717) is 18.5 Å². The van der Waals surface area contributed by atoms with E-state index in [9.17, 15) is 19.5 Å². The zero-order chi connectivity index (χ0) is 28.5. The number of alkyl carbamates (subject to hydrolysis) is 1. The fourth-order valence-corrected chi connectivity index (χ4v) is 3.94. The Labute approximate surface area is 224 Å². The van der Waals surface area contributed by atoms with Crippen molar-refractivity contribution >= 4 is 17.9 Å². The number of hydrogen-bond donors (Lipinski definition) is 4. The highest BCUT2D eigenvalue weighted by molar-refractivity contribution is 5.91. The first-order valence-corrected chi connectivity index (χ1v) is 12.6. The number of nitriles is 1. The third kappa shape index (κ3) is 9.77. The highest BCUT2D eigenvalue weighted by Crippen LogP contribution is 2.22. The fourth-order valence-electron chi connectivity index (χ4n) is 3.94. The van der Waals surface area contributed by atoms with Crippen molar-refractivity contribution in [1.82, 2.24) is 16.0 Å². The molecule has 38 heavy (non-hydrogen) atoms.